The van der Waals surface area contributed by atoms with Crippen LogP contribution in [0.3, 0.4) is 0 Å². The number of hydrogen-bond donors (Lipinski definition) is 1. The molecule has 0 bridgehead atoms. The Balaban J connectivity index is 1.41. The highest BCUT2D eigenvalue weighted by molar-refractivity contribution is 6.00. The predicted molar refractivity (Wildman–Crippen MR) is 104 cm³/mol. The first-order valence-electron chi connectivity index (χ1n) is 9.40. The van der Waals surface area contributed by atoms with Gasteiger partial charge < -0.3 is 10.2 Å². The molecule has 1 N–H and O–H groups in total. The van der Waals surface area contributed by atoms with Gasteiger partial charge in [0.15, 0.2) is 5.65 Å². The quantitative estimate of drug-likeness (QED) is 0.770. The Morgan fingerprint density at radius 3 is 2.81 bits per heavy atom. The van der Waals surface area contributed by atoms with Crippen molar-refractivity contribution in [2.45, 2.75) is 33.2 Å². The van der Waals surface area contributed by atoms with Gasteiger partial charge in [-0.2, -0.15) is 5.10 Å². The van der Waals surface area contributed by atoms with Crippen molar-refractivity contribution in [2.75, 3.05) is 18.0 Å². The van der Waals surface area contributed by atoms with Crippen LogP contribution < -0.4 is 10.2 Å². The maximum absolute atomic E-state index is 12.6. The Labute approximate surface area is 158 Å². The summed E-state index contributed by atoms with van der Waals surface area (Å²) < 4.78 is 1.63. The van der Waals surface area contributed by atoms with Crippen molar-refractivity contribution in [1.29, 1.82) is 0 Å². The number of aromatic nitrogens is 4. The van der Waals surface area contributed by atoms with Crippen molar-refractivity contribution in [3.05, 3.63) is 53.6 Å². The van der Waals surface area contributed by atoms with Gasteiger partial charge in [-0.15, -0.1) is 0 Å². The molecule has 1 amide bonds. The average molecular weight is 364 g/mol. The van der Waals surface area contributed by atoms with Crippen LogP contribution in [-0.4, -0.2) is 38.6 Å². The molecule has 0 saturated carbocycles. The van der Waals surface area contributed by atoms with Gasteiger partial charge in [-0.25, -0.2) is 14.5 Å². The number of carbonyl (C=O) groups excluding carboxylic acids is 1. The molecule has 0 spiro atoms. The first-order chi connectivity index (χ1) is 13.1. The van der Waals surface area contributed by atoms with Gasteiger partial charge in [-0.05, 0) is 43.4 Å². The van der Waals surface area contributed by atoms with Gasteiger partial charge in [0.2, 0.25) is 0 Å². The fourth-order valence-corrected chi connectivity index (χ4v) is 3.48. The monoisotopic (exact) mass is 364 g/mol. The van der Waals surface area contributed by atoms with E-state index in [4.69, 9.17) is 0 Å². The van der Waals surface area contributed by atoms with Crippen LogP contribution >= 0.6 is 0 Å². The van der Waals surface area contributed by atoms with Crippen molar-refractivity contribution in [2.24, 2.45) is 5.92 Å². The summed E-state index contributed by atoms with van der Waals surface area (Å²) in [7, 11) is 0. The highest BCUT2D eigenvalue weighted by Gasteiger charge is 2.18. The molecule has 1 saturated heterocycles. The molecule has 1 aliphatic rings. The van der Waals surface area contributed by atoms with Gasteiger partial charge in [0.1, 0.15) is 11.4 Å². The SMILES string of the molecule is Cc1nn2cccnc2c1C(=O)NCc1ccc(N2CCC(C)CC2)nc1. The Bertz CT molecular complexity index is 941. The summed E-state index contributed by atoms with van der Waals surface area (Å²) in [5.41, 5.74) is 2.72. The van der Waals surface area contributed by atoms with Crippen molar-refractivity contribution in [1.82, 2.24) is 24.9 Å². The molecule has 7 nitrogen and oxygen atoms in total. The number of anilines is 1. The van der Waals surface area contributed by atoms with Gasteiger partial charge in [0.25, 0.3) is 5.91 Å². The third kappa shape index (κ3) is 3.63. The van der Waals surface area contributed by atoms with E-state index in [-0.39, 0.29) is 5.91 Å². The first kappa shape index (κ1) is 17.5. The maximum atomic E-state index is 12.6. The topological polar surface area (TPSA) is 75.4 Å². The second kappa shape index (κ2) is 7.34. The molecule has 140 valence electrons. The second-order valence-corrected chi connectivity index (χ2v) is 7.23. The highest BCUT2D eigenvalue weighted by Crippen LogP contribution is 2.21. The van der Waals surface area contributed by atoms with E-state index < -0.39 is 0 Å². The van der Waals surface area contributed by atoms with Gasteiger partial charge in [0, 0.05) is 38.2 Å². The molecular formula is C20H24N6O. The van der Waals surface area contributed by atoms with Gasteiger partial charge in [0.05, 0.1) is 5.69 Å². The molecular weight excluding hydrogens is 340 g/mol. The minimum absolute atomic E-state index is 0.171. The second-order valence-electron chi connectivity index (χ2n) is 7.23. The van der Waals surface area contributed by atoms with E-state index >= 15 is 0 Å². The number of fused-ring (bicyclic) bond motifs is 1. The fourth-order valence-electron chi connectivity index (χ4n) is 3.48. The van der Waals surface area contributed by atoms with Crippen molar-refractivity contribution in [3.63, 3.8) is 0 Å². The molecule has 0 atom stereocenters. The van der Waals surface area contributed by atoms with E-state index in [1.165, 1.54) is 12.8 Å². The van der Waals surface area contributed by atoms with Crippen LogP contribution in [0.2, 0.25) is 0 Å². The number of amides is 1. The number of nitrogens with zero attached hydrogens (tertiary/aromatic N) is 5. The van der Waals surface area contributed by atoms with E-state index in [1.807, 2.05) is 25.3 Å². The smallest absolute Gasteiger partial charge is 0.257 e. The fraction of sp³-hybridized carbons (Fsp3) is 0.400. The van der Waals surface area contributed by atoms with Crippen molar-refractivity contribution < 1.29 is 4.79 Å². The average Bonchev–Trinajstić information content (AvgIpc) is 3.03. The first-order valence-corrected chi connectivity index (χ1v) is 9.40. The van der Waals surface area contributed by atoms with Crippen molar-refractivity contribution >= 4 is 17.4 Å². The molecule has 4 heterocycles. The third-order valence-electron chi connectivity index (χ3n) is 5.17. The minimum atomic E-state index is -0.171. The number of piperidine rings is 1. The summed E-state index contributed by atoms with van der Waals surface area (Å²) in [6.45, 7) is 6.67. The van der Waals surface area contributed by atoms with Crippen LogP contribution in [0, 0.1) is 12.8 Å². The summed E-state index contributed by atoms with van der Waals surface area (Å²) in [6, 6.07) is 5.86. The lowest BCUT2D eigenvalue weighted by Crippen LogP contribution is -2.33. The Kier molecular flexibility index (Phi) is 4.75. The third-order valence-corrected chi connectivity index (χ3v) is 5.17. The summed E-state index contributed by atoms with van der Waals surface area (Å²) in [5.74, 6) is 1.64. The van der Waals surface area contributed by atoms with Crippen LogP contribution in [-0.2, 0) is 6.54 Å². The summed E-state index contributed by atoms with van der Waals surface area (Å²) in [5, 5.41) is 7.29. The van der Waals surface area contributed by atoms with Gasteiger partial charge in [-0.3, -0.25) is 4.79 Å². The van der Waals surface area contributed by atoms with E-state index in [0.717, 1.165) is 30.4 Å². The van der Waals surface area contributed by atoms with Crippen LogP contribution in [0.4, 0.5) is 5.82 Å². The lowest BCUT2D eigenvalue weighted by Gasteiger charge is -2.31. The van der Waals surface area contributed by atoms with Crippen LogP contribution in [0.15, 0.2) is 36.8 Å². The molecule has 1 fully saturated rings. The summed E-state index contributed by atoms with van der Waals surface area (Å²) in [6.07, 6.45) is 7.72. The summed E-state index contributed by atoms with van der Waals surface area (Å²) >= 11 is 0. The normalized spacial score (nSPS) is 15.3. The van der Waals surface area contributed by atoms with E-state index in [9.17, 15) is 4.79 Å². The Morgan fingerprint density at radius 2 is 2.07 bits per heavy atom. The molecule has 0 unspecified atom stereocenters. The zero-order valence-electron chi connectivity index (χ0n) is 15.7. The van der Waals surface area contributed by atoms with E-state index in [1.54, 1.807) is 23.0 Å². The van der Waals surface area contributed by atoms with E-state index in [0.29, 0.717) is 23.4 Å². The largest absolute Gasteiger partial charge is 0.357 e. The van der Waals surface area contributed by atoms with E-state index in [2.05, 4.69) is 32.2 Å². The number of hydrogen-bond acceptors (Lipinski definition) is 5. The highest BCUT2D eigenvalue weighted by atomic mass is 16.1. The lowest BCUT2D eigenvalue weighted by atomic mass is 9.99. The number of aryl methyl sites for hydroxylation is 1. The number of pyridine rings is 1. The molecule has 0 radical (unpaired) electrons. The minimum Gasteiger partial charge on any atom is -0.357 e. The number of carbonyl (C=O) groups is 1. The Morgan fingerprint density at radius 1 is 1.26 bits per heavy atom. The zero-order chi connectivity index (χ0) is 18.8. The van der Waals surface area contributed by atoms with Crippen molar-refractivity contribution in [3.8, 4) is 0 Å². The summed E-state index contributed by atoms with van der Waals surface area (Å²) in [4.78, 5) is 23.8. The van der Waals surface area contributed by atoms with Gasteiger partial charge in [-0.1, -0.05) is 13.0 Å². The van der Waals surface area contributed by atoms with Crippen LogP contribution in [0.1, 0.15) is 41.4 Å². The predicted octanol–water partition coefficient (Wildman–Crippen LogP) is 2.60. The lowest BCUT2D eigenvalue weighted by molar-refractivity contribution is 0.0951. The molecule has 0 aromatic carbocycles. The van der Waals surface area contributed by atoms with Gasteiger partial charge >= 0.3 is 0 Å². The standard InChI is InChI=1S/C20H24N6O/c1-14-6-10-25(11-7-14)17-5-4-16(12-22-17)13-23-20(27)18-15(2)24-26-9-3-8-21-19(18)26/h3-5,8-9,12,14H,6-7,10-11,13H2,1-2H3,(H,23,27). The number of nitrogens with one attached hydrogen (secondary N) is 1. The molecule has 3 aromatic heterocycles. The number of rotatable bonds is 4. The molecule has 3 aromatic rings. The van der Waals surface area contributed by atoms with Crippen LogP contribution in [0.5, 0.6) is 0 Å². The maximum Gasteiger partial charge on any atom is 0.257 e. The molecule has 4 rings (SSSR count). The van der Waals surface area contributed by atoms with Crippen LogP contribution in [0.25, 0.3) is 5.65 Å². The molecule has 7 heteroatoms. The molecule has 0 aliphatic carbocycles. The Hall–Kier alpha value is -2.96. The molecule has 1 aliphatic heterocycles. The zero-order valence-corrected chi connectivity index (χ0v) is 15.7. The molecule has 27 heavy (non-hydrogen) atoms.